The standard InChI is InChI=1S/C19H19ClN2O4/c1-25-16-11-14(17(26-2)10-13(16)20)21-19(24)15-8-9-18(23)22(15)12-6-4-3-5-7-12/h3-7,10-11,15H,8-9H2,1-2H3,(H,21,24). The highest BCUT2D eigenvalue weighted by atomic mass is 35.5. The predicted molar refractivity (Wildman–Crippen MR) is 100 cm³/mol. The number of nitrogens with one attached hydrogen (secondary N) is 1. The molecule has 0 spiro atoms. The molecule has 7 heteroatoms. The molecule has 2 aromatic carbocycles. The number of para-hydroxylation sites is 1. The normalized spacial score (nSPS) is 16.5. The van der Waals surface area contributed by atoms with Crippen LogP contribution in [-0.2, 0) is 9.59 Å². The van der Waals surface area contributed by atoms with Crippen LogP contribution in [0.3, 0.4) is 0 Å². The fraction of sp³-hybridized carbons (Fsp3) is 0.263. The number of amides is 2. The summed E-state index contributed by atoms with van der Waals surface area (Å²) >= 11 is 6.10. The molecule has 136 valence electrons. The van der Waals surface area contributed by atoms with Gasteiger partial charge in [-0.15, -0.1) is 0 Å². The number of hydrogen-bond donors (Lipinski definition) is 1. The minimum absolute atomic E-state index is 0.0722. The maximum absolute atomic E-state index is 12.9. The van der Waals surface area contributed by atoms with E-state index in [2.05, 4.69) is 5.32 Å². The molecular formula is C19H19ClN2O4. The fourth-order valence-corrected chi connectivity index (χ4v) is 3.25. The van der Waals surface area contributed by atoms with E-state index in [1.54, 1.807) is 12.1 Å². The number of hydrogen-bond acceptors (Lipinski definition) is 4. The average molecular weight is 375 g/mol. The van der Waals surface area contributed by atoms with Gasteiger partial charge in [0.15, 0.2) is 0 Å². The van der Waals surface area contributed by atoms with E-state index in [0.29, 0.717) is 40.7 Å². The van der Waals surface area contributed by atoms with Crippen LogP contribution in [0.5, 0.6) is 11.5 Å². The van der Waals surface area contributed by atoms with Gasteiger partial charge in [0.2, 0.25) is 11.8 Å². The zero-order valence-corrected chi connectivity index (χ0v) is 15.2. The van der Waals surface area contributed by atoms with Crippen molar-refractivity contribution in [1.29, 1.82) is 0 Å². The molecule has 1 unspecified atom stereocenters. The number of benzene rings is 2. The van der Waals surface area contributed by atoms with E-state index < -0.39 is 6.04 Å². The van der Waals surface area contributed by atoms with Crippen LogP contribution in [0.15, 0.2) is 42.5 Å². The van der Waals surface area contributed by atoms with Crippen LogP contribution in [0.1, 0.15) is 12.8 Å². The molecule has 1 atom stereocenters. The zero-order valence-electron chi connectivity index (χ0n) is 14.5. The van der Waals surface area contributed by atoms with Gasteiger partial charge in [0.1, 0.15) is 17.5 Å². The summed E-state index contributed by atoms with van der Waals surface area (Å²) in [6, 6.07) is 11.8. The third-order valence-corrected chi connectivity index (χ3v) is 4.58. The van der Waals surface area contributed by atoms with Crippen molar-refractivity contribution in [3.8, 4) is 11.5 Å². The number of anilines is 2. The van der Waals surface area contributed by atoms with Gasteiger partial charge in [-0.05, 0) is 18.6 Å². The van der Waals surface area contributed by atoms with E-state index in [-0.39, 0.29) is 11.8 Å². The van der Waals surface area contributed by atoms with E-state index in [1.807, 2.05) is 30.3 Å². The second-order valence-electron chi connectivity index (χ2n) is 5.83. The quantitative estimate of drug-likeness (QED) is 0.869. The lowest BCUT2D eigenvalue weighted by Gasteiger charge is -2.24. The van der Waals surface area contributed by atoms with Crippen LogP contribution in [-0.4, -0.2) is 32.1 Å². The van der Waals surface area contributed by atoms with Crippen molar-refractivity contribution in [2.45, 2.75) is 18.9 Å². The molecule has 6 nitrogen and oxygen atoms in total. The SMILES string of the molecule is COc1cc(NC(=O)C2CCC(=O)N2c2ccccc2)c(OC)cc1Cl. The van der Waals surface area contributed by atoms with E-state index in [9.17, 15) is 9.59 Å². The smallest absolute Gasteiger partial charge is 0.247 e. The summed E-state index contributed by atoms with van der Waals surface area (Å²) in [7, 11) is 2.98. The molecule has 1 aliphatic rings. The summed E-state index contributed by atoms with van der Waals surface area (Å²) in [6.07, 6.45) is 0.778. The Morgan fingerprint density at radius 2 is 1.85 bits per heavy atom. The summed E-state index contributed by atoms with van der Waals surface area (Å²) < 4.78 is 10.5. The van der Waals surface area contributed by atoms with Gasteiger partial charge in [0.25, 0.3) is 0 Å². The molecular weight excluding hydrogens is 356 g/mol. The maximum atomic E-state index is 12.9. The third kappa shape index (κ3) is 3.46. The van der Waals surface area contributed by atoms with E-state index in [1.165, 1.54) is 19.1 Å². The molecule has 0 radical (unpaired) electrons. The van der Waals surface area contributed by atoms with Crippen molar-refractivity contribution < 1.29 is 19.1 Å². The maximum Gasteiger partial charge on any atom is 0.247 e. The molecule has 2 aromatic rings. The van der Waals surface area contributed by atoms with Gasteiger partial charge in [-0.3, -0.25) is 14.5 Å². The molecule has 1 fully saturated rings. The van der Waals surface area contributed by atoms with Crippen molar-refractivity contribution >= 4 is 34.8 Å². The first kappa shape index (κ1) is 18.1. The second kappa shape index (κ2) is 7.66. The van der Waals surface area contributed by atoms with Crippen molar-refractivity contribution in [2.75, 3.05) is 24.4 Å². The second-order valence-corrected chi connectivity index (χ2v) is 6.24. The van der Waals surface area contributed by atoms with Gasteiger partial charge in [-0.2, -0.15) is 0 Å². The van der Waals surface area contributed by atoms with E-state index in [0.717, 1.165) is 0 Å². The minimum Gasteiger partial charge on any atom is -0.495 e. The molecule has 2 amide bonds. The van der Waals surface area contributed by atoms with Gasteiger partial charge >= 0.3 is 0 Å². The monoisotopic (exact) mass is 374 g/mol. The highest BCUT2D eigenvalue weighted by Gasteiger charge is 2.37. The highest BCUT2D eigenvalue weighted by Crippen LogP contribution is 2.36. The number of carbonyl (C=O) groups excluding carboxylic acids is 2. The van der Waals surface area contributed by atoms with Crippen LogP contribution in [0.4, 0.5) is 11.4 Å². The van der Waals surface area contributed by atoms with Gasteiger partial charge in [0, 0.05) is 24.2 Å². The Bertz CT molecular complexity index is 826. The first-order valence-corrected chi connectivity index (χ1v) is 8.52. The van der Waals surface area contributed by atoms with Crippen molar-refractivity contribution in [2.24, 2.45) is 0 Å². The predicted octanol–water partition coefficient (Wildman–Crippen LogP) is 3.49. The van der Waals surface area contributed by atoms with Crippen LogP contribution in [0.2, 0.25) is 5.02 Å². The molecule has 3 rings (SSSR count). The largest absolute Gasteiger partial charge is 0.495 e. The fourth-order valence-electron chi connectivity index (χ4n) is 3.02. The van der Waals surface area contributed by atoms with Crippen molar-refractivity contribution in [3.63, 3.8) is 0 Å². The van der Waals surface area contributed by atoms with Gasteiger partial charge in [-0.1, -0.05) is 29.8 Å². The Hall–Kier alpha value is -2.73. The Morgan fingerprint density at radius 1 is 1.15 bits per heavy atom. The molecule has 1 saturated heterocycles. The van der Waals surface area contributed by atoms with Gasteiger partial charge in [0.05, 0.1) is 24.9 Å². The van der Waals surface area contributed by atoms with Gasteiger partial charge in [-0.25, -0.2) is 0 Å². The molecule has 0 aliphatic carbocycles. The number of carbonyl (C=O) groups is 2. The molecule has 1 heterocycles. The number of methoxy groups -OCH3 is 2. The van der Waals surface area contributed by atoms with Crippen LogP contribution >= 0.6 is 11.6 Å². The Labute approximate surface area is 156 Å². The Kier molecular flexibility index (Phi) is 5.32. The molecule has 0 bridgehead atoms. The van der Waals surface area contributed by atoms with E-state index in [4.69, 9.17) is 21.1 Å². The Balaban J connectivity index is 1.87. The number of nitrogens with zero attached hydrogens (tertiary/aromatic N) is 1. The van der Waals surface area contributed by atoms with Gasteiger partial charge < -0.3 is 14.8 Å². The molecule has 0 aromatic heterocycles. The summed E-state index contributed by atoms with van der Waals surface area (Å²) in [4.78, 5) is 26.7. The topological polar surface area (TPSA) is 67.9 Å². The first-order chi connectivity index (χ1) is 12.5. The lowest BCUT2D eigenvalue weighted by molar-refractivity contribution is -0.120. The van der Waals surface area contributed by atoms with Crippen molar-refractivity contribution in [1.82, 2.24) is 0 Å². The summed E-state index contributed by atoms with van der Waals surface area (Å²) in [5.41, 5.74) is 1.14. The molecule has 26 heavy (non-hydrogen) atoms. The number of rotatable bonds is 5. The molecule has 1 N–H and O–H groups in total. The lowest BCUT2D eigenvalue weighted by atomic mass is 10.1. The highest BCUT2D eigenvalue weighted by molar-refractivity contribution is 6.32. The lowest BCUT2D eigenvalue weighted by Crippen LogP contribution is -2.41. The number of halogens is 1. The molecule has 1 aliphatic heterocycles. The van der Waals surface area contributed by atoms with E-state index >= 15 is 0 Å². The number of ether oxygens (including phenoxy) is 2. The summed E-state index contributed by atoms with van der Waals surface area (Å²) in [5.74, 6) is 0.476. The first-order valence-electron chi connectivity index (χ1n) is 8.14. The van der Waals surface area contributed by atoms with Crippen LogP contribution in [0, 0.1) is 0 Å². The Morgan fingerprint density at radius 3 is 2.50 bits per heavy atom. The van der Waals surface area contributed by atoms with Crippen LogP contribution in [0.25, 0.3) is 0 Å². The average Bonchev–Trinajstić information content (AvgIpc) is 3.05. The summed E-state index contributed by atoms with van der Waals surface area (Å²) in [6.45, 7) is 0. The molecule has 0 saturated carbocycles. The summed E-state index contributed by atoms with van der Waals surface area (Å²) in [5, 5.41) is 3.21. The zero-order chi connectivity index (χ0) is 18.7. The third-order valence-electron chi connectivity index (χ3n) is 4.28. The van der Waals surface area contributed by atoms with Crippen LogP contribution < -0.4 is 19.7 Å². The van der Waals surface area contributed by atoms with Crippen molar-refractivity contribution in [3.05, 3.63) is 47.5 Å². The minimum atomic E-state index is -0.587.